The second-order valence-corrected chi connectivity index (χ2v) is 8.14. The summed E-state index contributed by atoms with van der Waals surface area (Å²) in [7, 11) is 0. The molecule has 1 heterocycles. The van der Waals surface area contributed by atoms with E-state index in [1.807, 2.05) is 36.5 Å². The highest BCUT2D eigenvalue weighted by molar-refractivity contribution is 6.01. The molecule has 0 aliphatic heterocycles. The van der Waals surface area contributed by atoms with Crippen LogP contribution in [-0.4, -0.2) is 22.4 Å². The SMILES string of the molecule is N#CC(=Cc1ccc(Oc2ccc(C(F)(F)F)cc2[N+](=O)[O-])cc1)C(=O)NCCc1c[nH]c2ccccc12. The van der Waals surface area contributed by atoms with Crippen molar-refractivity contribution >= 4 is 28.6 Å². The van der Waals surface area contributed by atoms with Gasteiger partial charge in [0, 0.05) is 29.7 Å². The number of benzene rings is 3. The Morgan fingerprint density at radius 2 is 1.87 bits per heavy atom. The van der Waals surface area contributed by atoms with E-state index in [1.165, 1.54) is 30.3 Å². The van der Waals surface area contributed by atoms with Crippen LogP contribution in [0.1, 0.15) is 16.7 Å². The summed E-state index contributed by atoms with van der Waals surface area (Å²) >= 11 is 0. The van der Waals surface area contributed by atoms with E-state index < -0.39 is 28.3 Å². The van der Waals surface area contributed by atoms with Gasteiger partial charge in [0.25, 0.3) is 5.91 Å². The molecular weight excluding hydrogens is 501 g/mol. The zero-order valence-corrected chi connectivity index (χ0v) is 19.6. The van der Waals surface area contributed by atoms with Gasteiger partial charge in [-0.1, -0.05) is 30.3 Å². The van der Waals surface area contributed by atoms with Crippen molar-refractivity contribution in [2.24, 2.45) is 0 Å². The van der Waals surface area contributed by atoms with Crippen molar-refractivity contribution in [2.75, 3.05) is 6.54 Å². The minimum Gasteiger partial charge on any atom is -0.450 e. The van der Waals surface area contributed by atoms with Gasteiger partial charge in [0.05, 0.1) is 10.5 Å². The Morgan fingerprint density at radius 3 is 2.55 bits per heavy atom. The van der Waals surface area contributed by atoms with Crippen LogP contribution in [0.15, 0.2) is 78.5 Å². The number of aromatic nitrogens is 1. The molecule has 38 heavy (non-hydrogen) atoms. The van der Waals surface area contributed by atoms with Gasteiger partial charge in [0.15, 0.2) is 0 Å². The number of alkyl halides is 3. The number of para-hydroxylation sites is 1. The second-order valence-electron chi connectivity index (χ2n) is 8.14. The highest BCUT2D eigenvalue weighted by Crippen LogP contribution is 2.37. The highest BCUT2D eigenvalue weighted by Gasteiger charge is 2.33. The number of nitrogens with one attached hydrogen (secondary N) is 2. The van der Waals surface area contributed by atoms with Crippen LogP contribution in [0.2, 0.25) is 0 Å². The molecule has 0 saturated heterocycles. The van der Waals surface area contributed by atoms with Gasteiger partial charge in [-0.2, -0.15) is 18.4 Å². The number of amides is 1. The summed E-state index contributed by atoms with van der Waals surface area (Å²) in [5, 5.41) is 24.5. The molecule has 192 valence electrons. The average Bonchev–Trinajstić information content (AvgIpc) is 3.30. The van der Waals surface area contributed by atoms with E-state index >= 15 is 0 Å². The first-order valence-corrected chi connectivity index (χ1v) is 11.2. The molecule has 4 aromatic rings. The van der Waals surface area contributed by atoms with Crippen molar-refractivity contribution in [1.29, 1.82) is 5.26 Å². The number of H-pyrrole nitrogens is 1. The van der Waals surface area contributed by atoms with E-state index in [0.29, 0.717) is 30.7 Å². The summed E-state index contributed by atoms with van der Waals surface area (Å²) in [5.74, 6) is -0.793. The number of halogens is 3. The third-order valence-electron chi connectivity index (χ3n) is 5.62. The molecule has 0 spiro atoms. The molecule has 0 fully saturated rings. The van der Waals surface area contributed by atoms with Crippen molar-refractivity contribution < 1.29 is 27.6 Å². The molecule has 8 nitrogen and oxygen atoms in total. The highest BCUT2D eigenvalue weighted by atomic mass is 19.4. The summed E-state index contributed by atoms with van der Waals surface area (Å²) in [5.41, 5.74) is 0.373. The first kappa shape index (κ1) is 26.0. The van der Waals surface area contributed by atoms with Gasteiger partial charge >= 0.3 is 11.9 Å². The Morgan fingerprint density at radius 1 is 1.13 bits per heavy atom. The van der Waals surface area contributed by atoms with E-state index in [4.69, 9.17) is 4.74 Å². The summed E-state index contributed by atoms with van der Waals surface area (Å²) in [6.45, 7) is 0.318. The predicted octanol–water partition coefficient (Wildman–Crippen LogP) is 6.15. The maximum absolute atomic E-state index is 12.9. The lowest BCUT2D eigenvalue weighted by atomic mass is 10.1. The van der Waals surface area contributed by atoms with E-state index in [-0.39, 0.29) is 17.1 Å². The van der Waals surface area contributed by atoms with Crippen LogP contribution < -0.4 is 10.1 Å². The fourth-order valence-corrected chi connectivity index (χ4v) is 3.74. The van der Waals surface area contributed by atoms with Gasteiger partial charge in [0.2, 0.25) is 5.75 Å². The summed E-state index contributed by atoms with van der Waals surface area (Å²) in [6.07, 6.45) is -0.929. The van der Waals surface area contributed by atoms with Crippen LogP contribution >= 0.6 is 0 Å². The smallest absolute Gasteiger partial charge is 0.416 e. The predicted molar refractivity (Wildman–Crippen MR) is 133 cm³/mol. The topological polar surface area (TPSA) is 121 Å². The Balaban J connectivity index is 1.41. The van der Waals surface area contributed by atoms with Crippen LogP contribution in [0.25, 0.3) is 17.0 Å². The third kappa shape index (κ3) is 5.99. The van der Waals surface area contributed by atoms with Crippen LogP contribution in [-0.2, 0) is 17.4 Å². The Kier molecular flexibility index (Phi) is 7.43. The molecule has 0 unspecified atom stereocenters. The standard InChI is InChI=1S/C27H19F3N4O4/c28-27(29,30)20-7-10-25(24(14-20)34(36)37)38-21-8-5-17(6-9-21)13-19(15-31)26(35)32-12-11-18-16-33-23-4-2-1-3-22(18)23/h1-10,13-14,16,33H,11-12H2,(H,32,35). The van der Waals surface area contributed by atoms with Gasteiger partial charge in [-0.15, -0.1) is 0 Å². The molecule has 2 N–H and O–H groups in total. The largest absolute Gasteiger partial charge is 0.450 e. The number of carbonyl (C=O) groups excluding carboxylic acids is 1. The van der Waals surface area contributed by atoms with Crippen molar-refractivity contribution in [3.8, 4) is 17.6 Å². The van der Waals surface area contributed by atoms with Gasteiger partial charge in [-0.3, -0.25) is 14.9 Å². The molecule has 1 aromatic heterocycles. The molecule has 3 aromatic carbocycles. The minimum absolute atomic E-state index is 0.117. The number of carbonyl (C=O) groups is 1. The number of hydrogen-bond donors (Lipinski definition) is 2. The molecule has 0 radical (unpaired) electrons. The number of hydrogen-bond acceptors (Lipinski definition) is 5. The number of aromatic amines is 1. The number of nitrogens with zero attached hydrogens (tertiary/aromatic N) is 2. The van der Waals surface area contributed by atoms with Crippen molar-refractivity contribution in [1.82, 2.24) is 10.3 Å². The van der Waals surface area contributed by atoms with Gasteiger partial charge in [-0.25, -0.2) is 0 Å². The molecule has 0 saturated carbocycles. The van der Waals surface area contributed by atoms with E-state index in [0.717, 1.165) is 22.5 Å². The maximum atomic E-state index is 12.9. The molecule has 4 rings (SSSR count). The lowest BCUT2D eigenvalue weighted by molar-refractivity contribution is -0.385. The zero-order chi connectivity index (χ0) is 27.3. The van der Waals surface area contributed by atoms with Gasteiger partial charge in [0.1, 0.15) is 17.4 Å². The van der Waals surface area contributed by atoms with Crippen molar-refractivity contribution in [3.63, 3.8) is 0 Å². The fraction of sp³-hybridized carbons (Fsp3) is 0.111. The Bertz CT molecular complexity index is 1570. The Hall–Kier alpha value is -5.11. The number of rotatable bonds is 8. The normalized spacial score (nSPS) is 11.7. The average molecular weight is 520 g/mol. The first-order chi connectivity index (χ1) is 18.2. The van der Waals surface area contributed by atoms with Crippen molar-refractivity contribution in [2.45, 2.75) is 12.6 Å². The number of fused-ring (bicyclic) bond motifs is 1. The first-order valence-electron chi connectivity index (χ1n) is 11.2. The third-order valence-corrected chi connectivity index (χ3v) is 5.62. The molecule has 0 aliphatic rings. The molecule has 0 atom stereocenters. The van der Waals surface area contributed by atoms with E-state index in [2.05, 4.69) is 10.3 Å². The monoisotopic (exact) mass is 520 g/mol. The minimum atomic E-state index is -4.74. The van der Waals surface area contributed by atoms with Crippen LogP contribution in [0, 0.1) is 21.4 Å². The van der Waals surface area contributed by atoms with E-state index in [9.17, 15) is 33.3 Å². The number of nitro groups is 1. The van der Waals surface area contributed by atoms with Gasteiger partial charge < -0.3 is 15.0 Å². The summed E-state index contributed by atoms with van der Waals surface area (Å²) in [6, 6.07) is 17.4. The van der Waals surface area contributed by atoms with Crippen LogP contribution in [0.3, 0.4) is 0 Å². The molecule has 1 amide bonds. The maximum Gasteiger partial charge on any atom is 0.416 e. The molecule has 0 aliphatic carbocycles. The number of ether oxygens (including phenoxy) is 1. The zero-order valence-electron chi connectivity index (χ0n) is 19.6. The van der Waals surface area contributed by atoms with Crippen LogP contribution in [0.4, 0.5) is 18.9 Å². The fourth-order valence-electron chi connectivity index (χ4n) is 3.74. The second kappa shape index (κ2) is 10.9. The summed E-state index contributed by atoms with van der Waals surface area (Å²) < 4.78 is 44.1. The molecule has 0 bridgehead atoms. The Labute approximate surface area is 214 Å². The number of nitriles is 1. The lowest BCUT2D eigenvalue weighted by Gasteiger charge is -2.10. The molecule has 11 heteroatoms. The van der Waals surface area contributed by atoms with Gasteiger partial charge in [-0.05, 0) is 54.0 Å². The van der Waals surface area contributed by atoms with E-state index in [1.54, 1.807) is 0 Å². The quantitative estimate of drug-likeness (QED) is 0.125. The van der Waals surface area contributed by atoms with Crippen molar-refractivity contribution in [3.05, 3.63) is 105 Å². The van der Waals surface area contributed by atoms with Crippen LogP contribution in [0.5, 0.6) is 11.5 Å². The lowest BCUT2D eigenvalue weighted by Crippen LogP contribution is -2.26. The number of nitro benzene ring substituents is 1. The summed E-state index contributed by atoms with van der Waals surface area (Å²) in [4.78, 5) is 25.9. The molecular formula is C27H19F3N4O4.